The SMILES string of the molecule is CCCc1[nH]ccc1C(=O)N1CCC(Oc2ncccc2F)CC1. The minimum Gasteiger partial charge on any atom is -0.472 e. The predicted molar refractivity (Wildman–Crippen MR) is 88.5 cm³/mol. The van der Waals surface area contributed by atoms with Crippen molar-refractivity contribution in [2.75, 3.05) is 13.1 Å². The van der Waals surface area contributed by atoms with Gasteiger partial charge in [-0.15, -0.1) is 0 Å². The topological polar surface area (TPSA) is 58.2 Å². The smallest absolute Gasteiger partial charge is 0.255 e. The van der Waals surface area contributed by atoms with Crippen molar-refractivity contribution >= 4 is 5.91 Å². The largest absolute Gasteiger partial charge is 0.472 e. The molecule has 0 spiro atoms. The fourth-order valence-electron chi connectivity index (χ4n) is 3.02. The summed E-state index contributed by atoms with van der Waals surface area (Å²) < 4.78 is 19.2. The molecule has 0 radical (unpaired) electrons. The minimum absolute atomic E-state index is 0.0399. The molecule has 0 saturated carbocycles. The lowest BCUT2D eigenvalue weighted by Crippen LogP contribution is -2.42. The number of aromatic nitrogens is 2. The minimum atomic E-state index is -0.451. The van der Waals surface area contributed by atoms with Crippen LogP contribution in [0.1, 0.15) is 42.2 Å². The highest BCUT2D eigenvalue weighted by Crippen LogP contribution is 2.21. The van der Waals surface area contributed by atoms with Crippen LogP contribution in [0.2, 0.25) is 0 Å². The van der Waals surface area contributed by atoms with Crippen LogP contribution in [-0.4, -0.2) is 40.0 Å². The maximum atomic E-state index is 13.6. The van der Waals surface area contributed by atoms with Crippen molar-refractivity contribution in [1.82, 2.24) is 14.9 Å². The molecule has 0 aliphatic carbocycles. The van der Waals surface area contributed by atoms with Crippen LogP contribution in [0, 0.1) is 5.82 Å². The highest BCUT2D eigenvalue weighted by atomic mass is 19.1. The molecule has 2 aromatic heterocycles. The van der Waals surface area contributed by atoms with E-state index in [4.69, 9.17) is 4.74 Å². The van der Waals surface area contributed by atoms with Crippen molar-refractivity contribution in [2.45, 2.75) is 38.7 Å². The van der Waals surface area contributed by atoms with E-state index in [1.54, 1.807) is 0 Å². The molecule has 0 atom stereocenters. The summed E-state index contributed by atoms with van der Waals surface area (Å²) in [6.07, 6.45) is 6.43. The number of nitrogens with one attached hydrogen (secondary N) is 1. The number of halogens is 1. The second-order valence-corrected chi connectivity index (χ2v) is 6.02. The Morgan fingerprint density at radius 2 is 2.21 bits per heavy atom. The lowest BCUT2D eigenvalue weighted by atomic mass is 10.1. The number of hydrogen-bond donors (Lipinski definition) is 1. The normalized spacial score (nSPS) is 15.5. The van der Waals surface area contributed by atoms with Gasteiger partial charge < -0.3 is 14.6 Å². The van der Waals surface area contributed by atoms with Crippen molar-refractivity contribution in [3.63, 3.8) is 0 Å². The molecular weight excluding hydrogens is 309 g/mol. The molecule has 5 nitrogen and oxygen atoms in total. The van der Waals surface area contributed by atoms with Crippen LogP contribution in [0.5, 0.6) is 5.88 Å². The molecule has 1 amide bonds. The fourth-order valence-corrected chi connectivity index (χ4v) is 3.02. The number of carbonyl (C=O) groups excluding carboxylic acids is 1. The lowest BCUT2D eigenvalue weighted by molar-refractivity contribution is 0.0578. The van der Waals surface area contributed by atoms with Crippen molar-refractivity contribution < 1.29 is 13.9 Å². The van der Waals surface area contributed by atoms with Crippen molar-refractivity contribution in [3.8, 4) is 5.88 Å². The van der Waals surface area contributed by atoms with Crippen molar-refractivity contribution in [3.05, 3.63) is 47.7 Å². The number of carbonyl (C=O) groups is 1. The zero-order valence-corrected chi connectivity index (χ0v) is 13.8. The standard InChI is InChI=1S/C18H22FN3O2/c1-2-4-16-14(6-10-20-16)18(23)22-11-7-13(8-12-22)24-17-15(19)5-3-9-21-17/h3,5-6,9-10,13,20H,2,4,7-8,11-12H2,1H3. The molecule has 0 aromatic carbocycles. The van der Waals surface area contributed by atoms with Crippen LogP contribution in [0.4, 0.5) is 4.39 Å². The van der Waals surface area contributed by atoms with Gasteiger partial charge >= 0.3 is 0 Å². The van der Waals surface area contributed by atoms with E-state index in [1.807, 2.05) is 17.2 Å². The Morgan fingerprint density at radius 3 is 2.92 bits per heavy atom. The van der Waals surface area contributed by atoms with Gasteiger partial charge in [-0.2, -0.15) is 0 Å². The molecule has 24 heavy (non-hydrogen) atoms. The lowest BCUT2D eigenvalue weighted by Gasteiger charge is -2.32. The van der Waals surface area contributed by atoms with Gasteiger partial charge in [0.15, 0.2) is 5.82 Å². The Hall–Kier alpha value is -2.37. The first-order valence-electron chi connectivity index (χ1n) is 8.41. The summed E-state index contributed by atoms with van der Waals surface area (Å²) in [7, 11) is 0. The first-order valence-corrected chi connectivity index (χ1v) is 8.41. The number of ether oxygens (including phenoxy) is 1. The Labute approximate surface area is 140 Å². The van der Waals surface area contributed by atoms with Crippen LogP contribution in [0.25, 0.3) is 0 Å². The summed E-state index contributed by atoms with van der Waals surface area (Å²) in [6.45, 7) is 3.30. The molecule has 1 aliphatic heterocycles. The first-order chi connectivity index (χ1) is 11.7. The van der Waals surface area contributed by atoms with Gasteiger partial charge in [-0.25, -0.2) is 9.37 Å². The van der Waals surface area contributed by atoms with Crippen LogP contribution >= 0.6 is 0 Å². The molecule has 1 saturated heterocycles. The van der Waals surface area contributed by atoms with Gasteiger partial charge in [0, 0.05) is 44.0 Å². The third kappa shape index (κ3) is 3.58. The molecule has 1 fully saturated rings. The van der Waals surface area contributed by atoms with Gasteiger partial charge in [-0.1, -0.05) is 13.3 Å². The first kappa shape index (κ1) is 16.5. The monoisotopic (exact) mass is 331 g/mol. The van der Waals surface area contributed by atoms with Gasteiger partial charge in [-0.3, -0.25) is 4.79 Å². The van der Waals surface area contributed by atoms with E-state index >= 15 is 0 Å². The van der Waals surface area contributed by atoms with E-state index in [1.165, 1.54) is 18.3 Å². The average molecular weight is 331 g/mol. The van der Waals surface area contributed by atoms with Gasteiger partial charge in [0.25, 0.3) is 11.8 Å². The maximum Gasteiger partial charge on any atom is 0.255 e. The summed E-state index contributed by atoms with van der Waals surface area (Å²) in [5.74, 6) is -0.354. The zero-order valence-electron chi connectivity index (χ0n) is 13.8. The highest BCUT2D eigenvalue weighted by Gasteiger charge is 2.26. The summed E-state index contributed by atoms with van der Waals surface area (Å²) in [6, 6.07) is 4.72. The summed E-state index contributed by atoms with van der Waals surface area (Å²) >= 11 is 0. The zero-order chi connectivity index (χ0) is 16.9. The molecule has 6 heteroatoms. The molecule has 3 heterocycles. The number of piperidine rings is 1. The number of amides is 1. The Balaban J connectivity index is 1.58. The summed E-state index contributed by atoms with van der Waals surface area (Å²) in [5, 5.41) is 0. The van der Waals surface area contributed by atoms with Crippen molar-refractivity contribution in [2.24, 2.45) is 0 Å². The number of rotatable bonds is 5. The molecule has 3 rings (SSSR count). The number of likely N-dealkylation sites (tertiary alicyclic amines) is 1. The molecule has 0 unspecified atom stereocenters. The number of nitrogens with zero attached hydrogens (tertiary/aromatic N) is 2. The summed E-state index contributed by atoms with van der Waals surface area (Å²) in [5.41, 5.74) is 1.75. The van der Waals surface area contributed by atoms with E-state index in [9.17, 15) is 9.18 Å². The highest BCUT2D eigenvalue weighted by molar-refractivity contribution is 5.95. The van der Waals surface area contributed by atoms with Crippen LogP contribution in [-0.2, 0) is 6.42 Å². The van der Waals surface area contributed by atoms with E-state index < -0.39 is 5.82 Å². The number of pyridine rings is 1. The Bertz CT molecular complexity index is 693. The second kappa shape index (κ2) is 7.47. The fraction of sp³-hybridized carbons (Fsp3) is 0.444. The number of aryl methyl sites for hydroxylation is 1. The molecule has 128 valence electrons. The van der Waals surface area contributed by atoms with Crippen LogP contribution < -0.4 is 4.74 Å². The maximum absolute atomic E-state index is 13.6. The van der Waals surface area contributed by atoms with E-state index in [2.05, 4.69) is 16.9 Å². The van der Waals surface area contributed by atoms with E-state index in [-0.39, 0.29) is 17.9 Å². The Morgan fingerprint density at radius 1 is 1.42 bits per heavy atom. The predicted octanol–water partition coefficient (Wildman–Crippen LogP) is 3.18. The summed E-state index contributed by atoms with van der Waals surface area (Å²) in [4.78, 5) is 21.6. The average Bonchev–Trinajstić information content (AvgIpc) is 3.06. The van der Waals surface area contributed by atoms with Gasteiger partial charge in [0.05, 0.1) is 5.56 Å². The van der Waals surface area contributed by atoms with E-state index in [0.29, 0.717) is 25.9 Å². The molecule has 2 aromatic rings. The number of H-pyrrole nitrogens is 1. The van der Waals surface area contributed by atoms with Crippen LogP contribution in [0.3, 0.4) is 0 Å². The molecule has 1 aliphatic rings. The molecular formula is C18H22FN3O2. The number of hydrogen-bond acceptors (Lipinski definition) is 3. The molecule has 0 bridgehead atoms. The quantitative estimate of drug-likeness (QED) is 0.915. The van der Waals surface area contributed by atoms with Crippen LogP contribution in [0.15, 0.2) is 30.6 Å². The van der Waals surface area contributed by atoms with E-state index in [0.717, 1.165) is 24.1 Å². The Kier molecular flexibility index (Phi) is 5.13. The third-order valence-electron chi connectivity index (χ3n) is 4.30. The van der Waals surface area contributed by atoms with Gasteiger partial charge in [0.2, 0.25) is 0 Å². The van der Waals surface area contributed by atoms with Crippen molar-refractivity contribution in [1.29, 1.82) is 0 Å². The van der Waals surface area contributed by atoms with Gasteiger partial charge in [0.1, 0.15) is 6.10 Å². The second-order valence-electron chi connectivity index (χ2n) is 6.02. The molecule has 1 N–H and O–H groups in total. The third-order valence-corrected chi connectivity index (χ3v) is 4.30. The van der Waals surface area contributed by atoms with Gasteiger partial charge in [-0.05, 0) is 24.6 Å². The number of aromatic amines is 1.